The van der Waals surface area contributed by atoms with Crippen molar-refractivity contribution in [1.29, 1.82) is 0 Å². The van der Waals surface area contributed by atoms with Crippen LogP contribution in [0.2, 0.25) is 0 Å². The van der Waals surface area contributed by atoms with Gasteiger partial charge in [-0.25, -0.2) is 0 Å². The van der Waals surface area contributed by atoms with Crippen molar-refractivity contribution < 1.29 is 17.9 Å². The highest BCUT2D eigenvalue weighted by Crippen LogP contribution is 2.34. The standard InChI is InChI=1S/C20H31N3O4S/c1-22(2)28(25,26)23-12-6-7-17(15-23)19(24)21-16-20(10-13-27-14-11-20)18-8-4-3-5-9-18/h3-5,8-9,17H,6-7,10-16H2,1-2H3,(H,21,24)/t17-/m0/s1. The van der Waals surface area contributed by atoms with Gasteiger partial charge in [0.05, 0.1) is 5.92 Å². The van der Waals surface area contributed by atoms with Crippen LogP contribution >= 0.6 is 0 Å². The third kappa shape index (κ3) is 4.56. The fourth-order valence-electron chi connectivity index (χ4n) is 4.12. The molecule has 0 unspecified atom stereocenters. The number of nitrogens with one attached hydrogen (secondary N) is 1. The molecule has 1 aromatic rings. The first-order valence-electron chi connectivity index (χ1n) is 9.94. The van der Waals surface area contributed by atoms with Gasteiger partial charge in [-0.2, -0.15) is 17.0 Å². The molecule has 0 aromatic heterocycles. The predicted octanol–water partition coefficient (Wildman–Crippen LogP) is 1.37. The highest BCUT2D eigenvalue weighted by atomic mass is 32.2. The van der Waals surface area contributed by atoms with Crippen LogP contribution in [0.3, 0.4) is 0 Å². The minimum Gasteiger partial charge on any atom is -0.381 e. The quantitative estimate of drug-likeness (QED) is 0.770. The molecule has 1 atom stereocenters. The van der Waals surface area contributed by atoms with Gasteiger partial charge in [0.25, 0.3) is 10.2 Å². The lowest BCUT2D eigenvalue weighted by Gasteiger charge is -2.39. The van der Waals surface area contributed by atoms with Crippen LogP contribution in [0, 0.1) is 5.92 Å². The fraction of sp³-hybridized carbons (Fsp3) is 0.650. The van der Waals surface area contributed by atoms with Crippen LogP contribution in [0.25, 0.3) is 0 Å². The molecule has 7 nitrogen and oxygen atoms in total. The first-order chi connectivity index (χ1) is 13.3. The smallest absolute Gasteiger partial charge is 0.281 e. The van der Waals surface area contributed by atoms with Gasteiger partial charge in [0.15, 0.2) is 0 Å². The molecule has 2 saturated heterocycles. The zero-order chi connectivity index (χ0) is 20.2. The molecule has 2 aliphatic rings. The molecule has 0 radical (unpaired) electrons. The summed E-state index contributed by atoms with van der Waals surface area (Å²) in [6.45, 7) is 2.63. The first kappa shape index (κ1) is 21.2. The summed E-state index contributed by atoms with van der Waals surface area (Å²) in [6, 6.07) is 10.3. The summed E-state index contributed by atoms with van der Waals surface area (Å²) in [4.78, 5) is 12.9. The Labute approximate surface area is 168 Å². The molecule has 156 valence electrons. The van der Waals surface area contributed by atoms with Crippen molar-refractivity contribution in [1.82, 2.24) is 13.9 Å². The Bertz CT molecular complexity index is 761. The number of amides is 1. The normalized spacial score (nSPS) is 23.5. The lowest BCUT2D eigenvalue weighted by molar-refractivity contribution is -0.126. The van der Waals surface area contributed by atoms with Crippen molar-refractivity contribution >= 4 is 16.1 Å². The van der Waals surface area contributed by atoms with Gasteiger partial charge in [0.1, 0.15) is 0 Å². The van der Waals surface area contributed by atoms with Gasteiger partial charge in [0.2, 0.25) is 5.91 Å². The Kier molecular flexibility index (Phi) is 6.75. The molecule has 2 heterocycles. The van der Waals surface area contributed by atoms with Gasteiger partial charge in [-0.1, -0.05) is 30.3 Å². The third-order valence-electron chi connectivity index (χ3n) is 5.98. The molecule has 2 fully saturated rings. The monoisotopic (exact) mass is 409 g/mol. The van der Waals surface area contributed by atoms with Crippen LogP contribution in [0.1, 0.15) is 31.2 Å². The van der Waals surface area contributed by atoms with E-state index in [4.69, 9.17) is 4.74 Å². The minimum absolute atomic E-state index is 0.0551. The van der Waals surface area contributed by atoms with Crippen molar-refractivity contribution in [3.63, 3.8) is 0 Å². The minimum atomic E-state index is -3.49. The number of ether oxygens (including phenoxy) is 1. The van der Waals surface area contributed by atoms with Crippen LogP contribution < -0.4 is 5.32 Å². The van der Waals surface area contributed by atoms with Crippen LogP contribution in [-0.2, 0) is 25.2 Å². The number of nitrogens with zero attached hydrogens (tertiary/aromatic N) is 2. The van der Waals surface area contributed by atoms with Crippen LogP contribution in [-0.4, -0.2) is 69.9 Å². The zero-order valence-corrected chi connectivity index (χ0v) is 17.6. The maximum Gasteiger partial charge on any atom is 0.281 e. The maximum absolute atomic E-state index is 12.9. The third-order valence-corrected chi connectivity index (χ3v) is 7.89. The maximum atomic E-state index is 12.9. The largest absolute Gasteiger partial charge is 0.381 e. The van der Waals surface area contributed by atoms with E-state index in [-0.39, 0.29) is 23.8 Å². The predicted molar refractivity (Wildman–Crippen MR) is 108 cm³/mol. The number of hydrogen-bond donors (Lipinski definition) is 1. The van der Waals surface area contributed by atoms with E-state index in [9.17, 15) is 13.2 Å². The number of carbonyl (C=O) groups excluding carboxylic acids is 1. The summed E-state index contributed by atoms with van der Waals surface area (Å²) in [5.74, 6) is -0.364. The highest BCUT2D eigenvalue weighted by Gasteiger charge is 2.37. The van der Waals surface area contributed by atoms with Crippen molar-refractivity contribution in [2.24, 2.45) is 5.92 Å². The second-order valence-electron chi connectivity index (χ2n) is 7.96. The van der Waals surface area contributed by atoms with E-state index in [0.29, 0.717) is 39.1 Å². The average Bonchev–Trinajstić information content (AvgIpc) is 2.73. The Morgan fingerprint density at radius 1 is 1.25 bits per heavy atom. The Morgan fingerprint density at radius 2 is 1.93 bits per heavy atom. The molecule has 0 bridgehead atoms. The van der Waals surface area contributed by atoms with E-state index < -0.39 is 10.2 Å². The number of hydrogen-bond acceptors (Lipinski definition) is 4. The summed E-state index contributed by atoms with van der Waals surface area (Å²) in [7, 11) is -0.444. The van der Waals surface area contributed by atoms with Crippen molar-refractivity contribution in [3.8, 4) is 0 Å². The molecule has 28 heavy (non-hydrogen) atoms. The highest BCUT2D eigenvalue weighted by molar-refractivity contribution is 7.86. The molecule has 0 spiro atoms. The van der Waals surface area contributed by atoms with Crippen molar-refractivity contribution in [2.75, 3.05) is 46.9 Å². The van der Waals surface area contributed by atoms with E-state index in [0.717, 1.165) is 12.8 Å². The van der Waals surface area contributed by atoms with E-state index in [1.54, 1.807) is 0 Å². The molecular weight excluding hydrogens is 378 g/mol. The summed E-state index contributed by atoms with van der Waals surface area (Å²) in [5, 5.41) is 3.13. The summed E-state index contributed by atoms with van der Waals surface area (Å²) in [6.07, 6.45) is 3.14. The second-order valence-corrected chi connectivity index (χ2v) is 10.1. The number of carbonyl (C=O) groups is 1. The molecule has 1 N–H and O–H groups in total. The van der Waals surface area contributed by atoms with Gasteiger partial charge in [-0.3, -0.25) is 4.79 Å². The Balaban J connectivity index is 1.66. The molecule has 3 rings (SSSR count). The van der Waals surface area contributed by atoms with Gasteiger partial charge >= 0.3 is 0 Å². The van der Waals surface area contributed by atoms with E-state index in [2.05, 4.69) is 17.4 Å². The average molecular weight is 410 g/mol. The summed E-state index contributed by atoms with van der Waals surface area (Å²) in [5.41, 5.74) is 1.10. The fourth-order valence-corrected chi connectivity index (χ4v) is 5.31. The van der Waals surface area contributed by atoms with Gasteiger partial charge in [0, 0.05) is 52.4 Å². The Morgan fingerprint density at radius 3 is 2.57 bits per heavy atom. The van der Waals surface area contributed by atoms with Crippen LogP contribution in [0.15, 0.2) is 30.3 Å². The van der Waals surface area contributed by atoms with Gasteiger partial charge in [-0.15, -0.1) is 0 Å². The van der Waals surface area contributed by atoms with Gasteiger partial charge in [-0.05, 0) is 31.2 Å². The van der Waals surface area contributed by atoms with E-state index >= 15 is 0 Å². The number of benzene rings is 1. The van der Waals surface area contributed by atoms with Crippen LogP contribution in [0.5, 0.6) is 0 Å². The van der Waals surface area contributed by atoms with Crippen molar-refractivity contribution in [2.45, 2.75) is 31.1 Å². The van der Waals surface area contributed by atoms with Gasteiger partial charge < -0.3 is 10.1 Å². The SMILES string of the molecule is CN(C)S(=O)(=O)N1CCC[C@H](C(=O)NCC2(c3ccccc3)CCOCC2)C1. The molecule has 0 saturated carbocycles. The molecule has 0 aliphatic carbocycles. The first-order valence-corrected chi connectivity index (χ1v) is 11.3. The molecular formula is C20H31N3O4S. The molecule has 1 aromatic carbocycles. The van der Waals surface area contributed by atoms with Crippen LogP contribution in [0.4, 0.5) is 0 Å². The number of piperidine rings is 1. The summed E-state index contributed by atoms with van der Waals surface area (Å²) >= 11 is 0. The summed E-state index contributed by atoms with van der Waals surface area (Å²) < 4.78 is 33.0. The Hall–Kier alpha value is -1.48. The topological polar surface area (TPSA) is 79.0 Å². The van der Waals surface area contributed by atoms with E-state index in [1.807, 2.05) is 18.2 Å². The molecule has 8 heteroatoms. The molecule has 1 amide bonds. The lowest BCUT2D eigenvalue weighted by Crippen LogP contribution is -2.51. The molecule has 2 aliphatic heterocycles. The zero-order valence-electron chi connectivity index (χ0n) is 16.8. The number of rotatable bonds is 6. The second kappa shape index (κ2) is 8.90. The van der Waals surface area contributed by atoms with Crippen molar-refractivity contribution in [3.05, 3.63) is 35.9 Å². The van der Waals surface area contributed by atoms with E-state index in [1.165, 1.54) is 28.3 Å². The lowest BCUT2D eigenvalue weighted by atomic mass is 9.74.